The van der Waals surface area contributed by atoms with Gasteiger partial charge in [-0.2, -0.15) is 0 Å². The number of aryl methyl sites for hydroxylation is 2. The molecule has 0 spiro atoms. The topological polar surface area (TPSA) is 91.2 Å². The van der Waals surface area contributed by atoms with E-state index in [-0.39, 0.29) is 19.0 Å². The van der Waals surface area contributed by atoms with Crippen molar-refractivity contribution in [2.45, 2.75) is 26.9 Å². The van der Waals surface area contributed by atoms with Crippen molar-refractivity contribution in [3.63, 3.8) is 0 Å². The van der Waals surface area contributed by atoms with Crippen molar-refractivity contribution in [2.75, 3.05) is 5.73 Å². The second-order valence-corrected chi connectivity index (χ2v) is 6.57. The van der Waals surface area contributed by atoms with Gasteiger partial charge in [-0.25, -0.2) is 4.98 Å². The van der Waals surface area contributed by atoms with E-state index in [4.69, 9.17) is 15.0 Å². The van der Waals surface area contributed by atoms with Gasteiger partial charge in [0.1, 0.15) is 18.6 Å². The zero-order chi connectivity index (χ0) is 17.1. The highest BCUT2D eigenvalue weighted by Gasteiger charge is 2.17. The third-order valence-corrected chi connectivity index (χ3v) is 4.56. The molecule has 6 nitrogen and oxygen atoms in total. The number of anilines is 1. The summed E-state index contributed by atoms with van der Waals surface area (Å²) in [6.07, 6.45) is 1.56. The van der Waals surface area contributed by atoms with Gasteiger partial charge in [0.05, 0.1) is 12.1 Å². The fourth-order valence-corrected chi connectivity index (χ4v) is 3.09. The summed E-state index contributed by atoms with van der Waals surface area (Å²) in [6.45, 7) is 4.18. The first-order valence-electron chi connectivity index (χ1n) is 7.40. The van der Waals surface area contributed by atoms with Crippen molar-refractivity contribution in [1.29, 1.82) is 0 Å². The van der Waals surface area contributed by atoms with Gasteiger partial charge in [0.25, 0.3) is 0 Å². The van der Waals surface area contributed by atoms with Gasteiger partial charge in [-0.3, -0.25) is 4.79 Å². The zero-order valence-electron chi connectivity index (χ0n) is 13.4. The molecule has 0 atom stereocenters. The third-order valence-electron chi connectivity index (χ3n) is 3.67. The molecule has 7 heteroatoms. The lowest BCUT2D eigenvalue weighted by molar-refractivity contribution is -0.144. The van der Waals surface area contributed by atoms with Crippen molar-refractivity contribution < 1.29 is 14.1 Å². The smallest absolute Gasteiger partial charge is 0.311 e. The number of carbonyl (C=O) groups is 1. The highest BCUT2D eigenvalue weighted by Crippen LogP contribution is 2.31. The van der Waals surface area contributed by atoms with Gasteiger partial charge in [0.2, 0.25) is 0 Å². The average Bonchev–Trinajstić information content (AvgIpc) is 3.18. The van der Waals surface area contributed by atoms with Crippen LogP contribution in [-0.4, -0.2) is 16.1 Å². The maximum atomic E-state index is 12.1. The Balaban J connectivity index is 1.76. The monoisotopic (exact) mass is 343 g/mol. The molecule has 0 aliphatic carbocycles. The first-order chi connectivity index (χ1) is 11.5. The third kappa shape index (κ3) is 3.62. The molecule has 2 heterocycles. The number of benzene rings is 1. The summed E-state index contributed by atoms with van der Waals surface area (Å²) in [5.41, 5.74) is 10.5. The van der Waals surface area contributed by atoms with Crippen LogP contribution in [0.4, 0.5) is 5.13 Å². The fourth-order valence-electron chi connectivity index (χ4n) is 2.25. The van der Waals surface area contributed by atoms with Gasteiger partial charge >= 0.3 is 5.97 Å². The Morgan fingerprint density at radius 2 is 2.12 bits per heavy atom. The van der Waals surface area contributed by atoms with E-state index in [1.807, 2.05) is 25.1 Å². The predicted molar refractivity (Wildman–Crippen MR) is 91.4 cm³/mol. The van der Waals surface area contributed by atoms with Crippen molar-refractivity contribution >= 4 is 22.4 Å². The minimum absolute atomic E-state index is 0.0859. The van der Waals surface area contributed by atoms with E-state index in [1.54, 1.807) is 6.07 Å². The van der Waals surface area contributed by atoms with Crippen molar-refractivity contribution in [3.8, 4) is 11.3 Å². The molecule has 0 aliphatic heterocycles. The number of ether oxygens (including phenoxy) is 1. The molecule has 0 bridgehead atoms. The summed E-state index contributed by atoms with van der Waals surface area (Å²) >= 11 is 1.30. The standard InChI is InChI=1S/C17H17N3O3S/c1-10-3-4-12(7-11(10)2)16-14(24-17(18)19-16)8-15(21)22-9-13-5-6-23-20-13/h3-7H,8-9H2,1-2H3,(H2,18,19). The van der Waals surface area contributed by atoms with E-state index in [2.05, 4.69) is 17.1 Å². The molecule has 1 aromatic carbocycles. The van der Waals surface area contributed by atoms with Crippen LogP contribution < -0.4 is 5.73 Å². The maximum Gasteiger partial charge on any atom is 0.311 e. The Labute approximate surface area is 143 Å². The Hall–Kier alpha value is -2.67. The molecular formula is C17H17N3O3S. The Bertz CT molecular complexity index is 856. The SMILES string of the molecule is Cc1ccc(-c2nc(N)sc2CC(=O)OCc2ccon2)cc1C. The van der Waals surface area contributed by atoms with E-state index >= 15 is 0 Å². The van der Waals surface area contributed by atoms with Crippen LogP contribution in [0, 0.1) is 13.8 Å². The van der Waals surface area contributed by atoms with Crippen molar-refractivity contribution in [1.82, 2.24) is 10.1 Å². The second-order valence-electron chi connectivity index (χ2n) is 5.45. The van der Waals surface area contributed by atoms with Crippen molar-refractivity contribution in [2.24, 2.45) is 0 Å². The summed E-state index contributed by atoms with van der Waals surface area (Å²) in [4.78, 5) is 17.2. The van der Waals surface area contributed by atoms with Gasteiger partial charge in [-0.15, -0.1) is 11.3 Å². The molecule has 0 saturated heterocycles. The van der Waals surface area contributed by atoms with Crippen molar-refractivity contribution in [3.05, 3.63) is 52.2 Å². The molecule has 0 saturated carbocycles. The van der Waals surface area contributed by atoms with Crippen LogP contribution in [0.2, 0.25) is 0 Å². The van der Waals surface area contributed by atoms with Crippen LogP contribution >= 0.6 is 11.3 Å². The number of rotatable bonds is 5. The van der Waals surface area contributed by atoms with Crippen LogP contribution in [0.25, 0.3) is 11.3 Å². The zero-order valence-corrected chi connectivity index (χ0v) is 14.2. The largest absolute Gasteiger partial charge is 0.459 e. The minimum Gasteiger partial charge on any atom is -0.459 e. The van der Waals surface area contributed by atoms with Crippen LogP contribution in [0.1, 0.15) is 21.7 Å². The van der Waals surface area contributed by atoms with Gasteiger partial charge in [-0.05, 0) is 31.0 Å². The summed E-state index contributed by atoms with van der Waals surface area (Å²) in [5, 5.41) is 4.13. The molecule has 0 amide bonds. The molecule has 3 aromatic rings. The van der Waals surface area contributed by atoms with Gasteiger partial charge in [0.15, 0.2) is 5.13 Å². The molecule has 3 rings (SSSR count). The number of thiazole rings is 1. The lowest BCUT2D eigenvalue weighted by atomic mass is 10.0. The van der Waals surface area contributed by atoms with E-state index < -0.39 is 0 Å². The molecule has 24 heavy (non-hydrogen) atoms. The number of esters is 1. The molecule has 124 valence electrons. The van der Waals surface area contributed by atoms with E-state index in [0.29, 0.717) is 10.8 Å². The molecule has 0 radical (unpaired) electrons. The lowest BCUT2D eigenvalue weighted by Crippen LogP contribution is -2.08. The average molecular weight is 343 g/mol. The Morgan fingerprint density at radius 1 is 1.29 bits per heavy atom. The molecular weight excluding hydrogens is 326 g/mol. The molecule has 0 aliphatic rings. The number of hydrogen-bond donors (Lipinski definition) is 1. The number of nitrogen functional groups attached to an aromatic ring is 1. The number of nitrogens with zero attached hydrogens (tertiary/aromatic N) is 2. The van der Waals surface area contributed by atoms with E-state index in [9.17, 15) is 4.79 Å². The molecule has 0 unspecified atom stereocenters. The lowest BCUT2D eigenvalue weighted by Gasteiger charge is -2.06. The van der Waals surface area contributed by atoms with Crippen LogP contribution in [0.5, 0.6) is 0 Å². The normalized spacial score (nSPS) is 10.8. The number of carbonyl (C=O) groups excluding carboxylic acids is 1. The maximum absolute atomic E-state index is 12.1. The fraction of sp³-hybridized carbons (Fsp3) is 0.235. The van der Waals surface area contributed by atoms with Gasteiger partial charge < -0.3 is 15.0 Å². The summed E-state index contributed by atoms with van der Waals surface area (Å²) in [7, 11) is 0. The summed E-state index contributed by atoms with van der Waals surface area (Å²) in [6, 6.07) is 7.72. The van der Waals surface area contributed by atoms with Gasteiger partial charge in [-0.1, -0.05) is 17.3 Å². The number of aromatic nitrogens is 2. The second kappa shape index (κ2) is 6.84. The highest BCUT2D eigenvalue weighted by atomic mass is 32.1. The predicted octanol–water partition coefficient (Wildman–Crippen LogP) is 3.28. The van der Waals surface area contributed by atoms with Crippen LogP contribution in [-0.2, 0) is 22.6 Å². The number of nitrogens with two attached hydrogens (primary N) is 1. The quantitative estimate of drug-likeness (QED) is 0.715. The van der Waals surface area contributed by atoms with Gasteiger partial charge in [0, 0.05) is 16.5 Å². The van der Waals surface area contributed by atoms with E-state index in [1.165, 1.54) is 28.7 Å². The Morgan fingerprint density at radius 3 is 2.83 bits per heavy atom. The first-order valence-corrected chi connectivity index (χ1v) is 8.22. The summed E-state index contributed by atoms with van der Waals surface area (Å²) in [5.74, 6) is -0.355. The van der Waals surface area contributed by atoms with Crippen LogP contribution in [0.15, 0.2) is 35.1 Å². The Kier molecular flexibility index (Phi) is 4.61. The molecule has 0 fully saturated rings. The minimum atomic E-state index is -0.355. The highest BCUT2D eigenvalue weighted by molar-refractivity contribution is 7.15. The summed E-state index contributed by atoms with van der Waals surface area (Å²) < 4.78 is 9.91. The molecule has 2 N–H and O–H groups in total. The molecule has 2 aromatic heterocycles. The van der Waals surface area contributed by atoms with E-state index in [0.717, 1.165) is 16.1 Å². The van der Waals surface area contributed by atoms with Crippen LogP contribution in [0.3, 0.4) is 0 Å². The first kappa shape index (κ1) is 16.2. The number of hydrogen-bond acceptors (Lipinski definition) is 7.